The van der Waals surface area contributed by atoms with E-state index in [2.05, 4.69) is 27.5 Å². The molecule has 2 unspecified atom stereocenters. The Balaban J connectivity index is 1.40. The highest BCUT2D eigenvalue weighted by Crippen LogP contribution is 2.34. The van der Waals surface area contributed by atoms with Crippen molar-refractivity contribution in [2.24, 2.45) is 11.8 Å². The first-order valence-corrected chi connectivity index (χ1v) is 8.41. The van der Waals surface area contributed by atoms with E-state index in [4.69, 9.17) is 4.98 Å². The van der Waals surface area contributed by atoms with Crippen LogP contribution < -0.4 is 5.32 Å². The van der Waals surface area contributed by atoms with Crippen LogP contribution in [-0.2, 0) is 6.42 Å². The van der Waals surface area contributed by atoms with Crippen LogP contribution in [0.4, 0.5) is 0 Å². The predicted molar refractivity (Wildman–Crippen MR) is 78.6 cm³/mol. The second-order valence-corrected chi connectivity index (χ2v) is 7.04. The molecule has 19 heavy (non-hydrogen) atoms. The molecule has 0 aromatic carbocycles. The monoisotopic (exact) mass is 275 g/mol. The first-order valence-electron chi connectivity index (χ1n) is 7.53. The molecule has 2 aromatic heterocycles. The molecule has 1 N–H and O–H groups in total. The van der Waals surface area contributed by atoms with E-state index >= 15 is 0 Å². The number of hydrogen-bond donors (Lipinski definition) is 1. The van der Waals surface area contributed by atoms with Gasteiger partial charge in [-0.1, -0.05) is 6.42 Å². The fraction of sp³-hybridized carbons (Fsp3) is 0.667. The average molecular weight is 275 g/mol. The fourth-order valence-corrected chi connectivity index (χ4v) is 4.12. The van der Waals surface area contributed by atoms with Crippen LogP contribution in [0.15, 0.2) is 17.8 Å². The van der Waals surface area contributed by atoms with E-state index in [1.54, 1.807) is 11.3 Å². The Kier molecular flexibility index (Phi) is 3.08. The molecule has 0 radical (unpaired) electrons. The van der Waals surface area contributed by atoms with Crippen LogP contribution in [0.3, 0.4) is 0 Å². The largest absolute Gasteiger partial charge is 0.314 e. The van der Waals surface area contributed by atoms with Crippen molar-refractivity contribution in [2.45, 2.75) is 44.6 Å². The third-order valence-corrected chi connectivity index (χ3v) is 5.45. The second kappa shape index (κ2) is 4.91. The molecule has 0 saturated heterocycles. The van der Waals surface area contributed by atoms with Crippen LogP contribution >= 0.6 is 11.3 Å². The Morgan fingerprint density at radius 1 is 1.26 bits per heavy atom. The zero-order valence-corrected chi connectivity index (χ0v) is 12.0. The van der Waals surface area contributed by atoms with Gasteiger partial charge in [0.25, 0.3) is 0 Å². The number of nitrogens with zero attached hydrogens (tertiary/aromatic N) is 2. The zero-order valence-electron chi connectivity index (χ0n) is 11.2. The predicted octanol–water partition coefficient (Wildman–Crippen LogP) is 3.11. The van der Waals surface area contributed by atoms with Crippen molar-refractivity contribution < 1.29 is 0 Å². The third-order valence-electron chi connectivity index (χ3n) is 4.68. The van der Waals surface area contributed by atoms with Gasteiger partial charge in [-0.15, -0.1) is 11.3 Å². The van der Waals surface area contributed by atoms with Crippen molar-refractivity contribution in [1.82, 2.24) is 14.7 Å². The molecule has 2 heterocycles. The summed E-state index contributed by atoms with van der Waals surface area (Å²) < 4.78 is 2.16. The van der Waals surface area contributed by atoms with Gasteiger partial charge in [-0.3, -0.25) is 4.40 Å². The maximum Gasteiger partial charge on any atom is 0.193 e. The molecule has 2 fully saturated rings. The normalized spacial score (nSPS) is 27.4. The van der Waals surface area contributed by atoms with E-state index in [0.717, 1.165) is 22.8 Å². The number of thiazole rings is 1. The minimum Gasteiger partial charge on any atom is -0.314 e. The van der Waals surface area contributed by atoms with Crippen LogP contribution in [0, 0.1) is 11.8 Å². The summed E-state index contributed by atoms with van der Waals surface area (Å²) in [5.74, 6) is 1.72. The highest BCUT2D eigenvalue weighted by atomic mass is 32.1. The molecule has 4 rings (SSSR count). The van der Waals surface area contributed by atoms with E-state index < -0.39 is 0 Å². The van der Waals surface area contributed by atoms with E-state index in [-0.39, 0.29) is 0 Å². The lowest BCUT2D eigenvalue weighted by molar-refractivity contribution is 0.362. The third kappa shape index (κ3) is 2.56. The topological polar surface area (TPSA) is 29.3 Å². The first-order chi connectivity index (χ1) is 9.38. The Morgan fingerprint density at radius 3 is 3.00 bits per heavy atom. The molecular weight excluding hydrogens is 254 g/mol. The molecule has 2 aromatic rings. The number of imidazole rings is 1. The van der Waals surface area contributed by atoms with Crippen molar-refractivity contribution in [2.75, 3.05) is 6.54 Å². The van der Waals surface area contributed by atoms with Gasteiger partial charge in [-0.2, -0.15) is 0 Å². The van der Waals surface area contributed by atoms with Gasteiger partial charge in [-0.25, -0.2) is 4.98 Å². The zero-order chi connectivity index (χ0) is 12.7. The highest BCUT2D eigenvalue weighted by Gasteiger charge is 2.30. The summed E-state index contributed by atoms with van der Waals surface area (Å²) in [5.41, 5.74) is 1.29. The van der Waals surface area contributed by atoms with E-state index in [1.165, 1.54) is 50.8 Å². The number of fused-ring (bicyclic) bond motifs is 1. The highest BCUT2D eigenvalue weighted by molar-refractivity contribution is 7.15. The minimum absolute atomic E-state index is 0.843. The Labute approximate surface area is 118 Å². The summed E-state index contributed by atoms with van der Waals surface area (Å²) in [5, 5.41) is 5.81. The van der Waals surface area contributed by atoms with Gasteiger partial charge in [0.1, 0.15) is 0 Å². The molecule has 0 aliphatic heterocycles. The van der Waals surface area contributed by atoms with Gasteiger partial charge >= 0.3 is 0 Å². The summed E-state index contributed by atoms with van der Waals surface area (Å²) >= 11 is 1.73. The second-order valence-electron chi connectivity index (χ2n) is 6.16. The number of rotatable bonds is 5. The van der Waals surface area contributed by atoms with Crippen LogP contribution in [0.5, 0.6) is 0 Å². The van der Waals surface area contributed by atoms with Crippen molar-refractivity contribution in [3.63, 3.8) is 0 Å². The Bertz CT molecular complexity index is 526. The minimum atomic E-state index is 0.843. The first kappa shape index (κ1) is 11.9. The molecule has 0 bridgehead atoms. The molecule has 0 spiro atoms. The lowest BCUT2D eigenvalue weighted by Gasteiger charge is -2.19. The van der Waals surface area contributed by atoms with Crippen molar-refractivity contribution >= 4 is 16.3 Å². The van der Waals surface area contributed by atoms with Crippen molar-refractivity contribution in [1.29, 1.82) is 0 Å². The van der Waals surface area contributed by atoms with Gasteiger partial charge in [0.15, 0.2) is 4.96 Å². The molecule has 0 amide bonds. The molecule has 4 heteroatoms. The van der Waals surface area contributed by atoms with Gasteiger partial charge in [0, 0.05) is 23.8 Å². The maximum absolute atomic E-state index is 4.74. The number of aromatic nitrogens is 2. The van der Waals surface area contributed by atoms with Gasteiger partial charge in [0.2, 0.25) is 0 Å². The van der Waals surface area contributed by atoms with E-state index in [0.29, 0.717) is 0 Å². The number of nitrogens with one attached hydrogen (secondary N) is 1. The van der Waals surface area contributed by atoms with Crippen LogP contribution in [0.25, 0.3) is 4.96 Å². The molecule has 102 valence electrons. The molecule has 2 atom stereocenters. The van der Waals surface area contributed by atoms with Gasteiger partial charge < -0.3 is 5.32 Å². The number of hydrogen-bond acceptors (Lipinski definition) is 3. The summed E-state index contributed by atoms with van der Waals surface area (Å²) in [4.78, 5) is 5.88. The lowest BCUT2D eigenvalue weighted by atomic mass is 9.91. The fourth-order valence-electron chi connectivity index (χ4n) is 3.40. The van der Waals surface area contributed by atoms with E-state index in [1.807, 2.05) is 0 Å². The van der Waals surface area contributed by atoms with Crippen LogP contribution in [0.1, 0.15) is 37.8 Å². The Morgan fingerprint density at radius 2 is 2.16 bits per heavy atom. The van der Waals surface area contributed by atoms with Crippen molar-refractivity contribution in [3.05, 3.63) is 23.5 Å². The Hall–Kier alpha value is -0.870. The standard InChI is InChI=1S/C15H21N3S/c1-2-11(12(3-1)9-16-13-4-5-13)8-14-10-18-6-7-19-15(18)17-14/h6-7,10-13,16H,1-5,8-9H2. The average Bonchev–Trinajstić information content (AvgIpc) is 2.80. The SMILES string of the molecule is c1cn2cc(CC3CCCC3CNC3CC3)nc2s1. The van der Waals surface area contributed by atoms with Gasteiger partial charge in [-0.05, 0) is 50.5 Å². The summed E-state index contributed by atoms with van der Waals surface area (Å²) in [6, 6.07) is 0.846. The van der Waals surface area contributed by atoms with E-state index in [9.17, 15) is 0 Å². The summed E-state index contributed by atoms with van der Waals surface area (Å²) in [7, 11) is 0. The van der Waals surface area contributed by atoms with Crippen LogP contribution in [0.2, 0.25) is 0 Å². The molecule has 2 aliphatic carbocycles. The molecule has 2 saturated carbocycles. The maximum atomic E-state index is 4.74. The van der Waals surface area contributed by atoms with Crippen molar-refractivity contribution in [3.8, 4) is 0 Å². The molecular formula is C15H21N3S. The quantitative estimate of drug-likeness (QED) is 0.908. The van der Waals surface area contributed by atoms with Gasteiger partial charge in [0.05, 0.1) is 5.69 Å². The summed E-state index contributed by atoms with van der Waals surface area (Å²) in [6.45, 7) is 1.23. The smallest absolute Gasteiger partial charge is 0.193 e. The summed E-state index contributed by atoms with van der Waals surface area (Å²) in [6.07, 6.45) is 12.5. The molecule has 2 aliphatic rings. The van der Waals surface area contributed by atoms with Crippen LogP contribution in [-0.4, -0.2) is 22.0 Å². The lowest BCUT2D eigenvalue weighted by Crippen LogP contribution is -2.27. The molecule has 3 nitrogen and oxygen atoms in total.